The summed E-state index contributed by atoms with van der Waals surface area (Å²) in [5, 5.41) is 0. The van der Waals surface area contributed by atoms with Crippen LogP contribution >= 0.6 is 0 Å². The Morgan fingerprint density at radius 3 is 2.16 bits per heavy atom. The van der Waals surface area contributed by atoms with Crippen molar-refractivity contribution >= 4 is 17.0 Å². The van der Waals surface area contributed by atoms with Gasteiger partial charge in [-0.25, -0.2) is 8.93 Å². The monoisotopic (exact) mass is 304 g/mol. The molecule has 0 rings (SSSR count). The predicted molar refractivity (Wildman–Crippen MR) is 65.5 cm³/mol. The second-order valence-electron chi connectivity index (χ2n) is 4.80. The van der Waals surface area contributed by atoms with Crippen LogP contribution in [0.3, 0.4) is 0 Å². The third-order valence-electron chi connectivity index (χ3n) is 2.06. The van der Waals surface area contributed by atoms with Gasteiger partial charge in [0.25, 0.3) is 0 Å². The highest BCUT2D eigenvalue weighted by Crippen LogP contribution is 2.24. The average Bonchev–Trinajstić information content (AvgIpc) is 2.21. The van der Waals surface area contributed by atoms with Crippen molar-refractivity contribution in [3.05, 3.63) is 0 Å². The van der Waals surface area contributed by atoms with E-state index in [1.165, 1.54) is 27.7 Å². The molecule has 0 amide bonds. The molecule has 0 aliphatic rings. The number of hydrogen-bond acceptors (Lipinski definition) is 4. The summed E-state index contributed by atoms with van der Waals surface area (Å²) in [4.78, 5) is 11.3. The van der Waals surface area contributed by atoms with Gasteiger partial charge in [0, 0.05) is 0 Å². The zero-order valence-electron chi connectivity index (χ0n) is 11.2. The molecule has 3 atom stereocenters. The van der Waals surface area contributed by atoms with Gasteiger partial charge >= 0.3 is 12.1 Å². The van der Waals surface area contributed by atoms with E-state index in [0.29, 0.717) is 0 Å². The first kappa shape index (κ1) is 18.3. The molecular formula is C10H19F3N2O3S. The van der Waals surface area contributed by atoms with Gasteiger partial charge in [-0.2, -0.15) is 13.2 Å². The molecule has 0 aliphatic carbocycles. The van der Waals surface area contributed by atoms with Gasteiger partial charge in [0.15, 0.2) is 0 Å². The summed E-state index contributed by atoms with van der Waals surface area (Å²) in [6.45, 7) is 5.87. The number of esters is 1. The quantitative estimate of drug-likeness (QED) is 0.738. The Morgan fingerprint density at radius 1 is 1.37 bits per heavy atom. The maximum atomic E-state index is 12.8. The molecule has 0 bridgehead atoms. The number of rotatable bonds is 5. The van der Waals surface area contributed by atoms with Crippen LogP contribution in [0.5, 0.6) is 0 Å². The molecule has 5 nitrogen and oxygen atoms in total. The van der Waals surface area contributed by atoms with Crippen LogP contribution in [0.4, 0.5) is 13.2 Å². The molecule has 0 fully saturated rings. The van der Waals surface area contributed by atoms with E-state index in [-0.39, 0.29) is 6.61 Å². The summed E-state index contributed by atoms with van der Waals surface area (Å²) < 4.78 is 55.6. The van der Waals surface area contributed by atoms with Crippen molar-refractivity contribution in [2.45, 2.75) is 50.7 Å². The number of ether oxygens (including phenoxy) is 1. The van der Waals surface area contributed by atoms with E-state index >= 15 is 0 Å². The van der Waals surface area contributed by atoms with Gasteiger partial charge in [-0.1, -0.05) is 0 Å². The van der Waals surface area contributed by atoms with Gasteiger partial charge in [0.05, 0.1) is 22.3 Å². The maximum absolute atomic E-state index is 12.8. The van der Waals surface area contributed by atoms with Gasteiger partial charge in [0.1, 0.15) is 12.1 Å². The molecule has 0 heterocycles. The van der Waals surface area contributed by atoms with Gasteiger partial charge < -0.3 is 10.5 Å². The third kappa shape index (κ3) is 5.87. The Bertz CT molecular complexity index is 342. The fourth-order valence-corrected chi connectivity index (χ4v) is 1.87. The number of nitrogens with two attached hydrogens (primary N) is 1. The summed E-state index contributed by atoms with van der Waals surface area (Å²) in [7, 11) is -2.01. The smallest absolute Gasteiger partial charge is 0.406 e. The average molecular weight is 304 g/mol. The summed E-state index contributed by atoms with van der Waals surface area (Å²) in [5.41, 5.74) is 5.23. The number of carbonyl (C=O) groups excluding carboxylic acids is 1. The first-order chi connectivity index (χ1) is 8.41. The highest BCUT2D eigenvalue weighted by atomic mass is 32.2. The molecule has 3 N–H and O–H groups in total. The molecule has 19 heavy (non-hydrogen) atoms. The molecule has 0 aliphatic heterocycles. The van der Waals surface area contributed by atoms with E-state index < -0.39 is 40.0 Å². The third-order valence-corrected chi connectivity index (χ3v) is 3.64. The Balaban J connectivity index is 5.05. The topological polar surface area (TPSA) is 81.4 Å². The predicted octanol–water partition coefficient (Wildman–Crippen LogP) is 0.859. The Morgan fingerprint density at radius 2 is 1.84 bits per heavy atom. The van der Waals surface area contributed by atoms with Crippen LogP contribution < -0.4 is 10.5 Å². The van der Waals surface area contributed by atoms with Gasteiger partial charge in [-0.3, -0.25) is 4.79 Å². The van der Waals surface area contributed by atoms with Crippen LogP contribution in [-0.2, 0) is 20.5 Å². The van der Waals surface area contributed by atoms with Crippen LogP contribution in [0.2, 0.25) is 0 Å². The Hall–Kier alpha value is -0.670. The zero-order valence-corrected chi connectivity index (χ0v) is 12.0. The molecule has 0 aromatic carbocycles. The summed E-state index contributed by atoms with van der Waals surface area (Å²) in [6, 6.07) is -4.39. The van der Waals surface area contributed by atoms with E-state index in [2.05, 4.69) is 4.74 Å². The Kier molecular flexibility index (Phi) is 6.43. The molecule has 0 saturated carbocycles. The van der Waals surface area contributed by atoms with Crippen LogP contribution in [0.1, 0.15) is 27.7 Å². The number of hydrogen-bond donors (Lipinski definition) is 2. The number of nitrogens with one attached hydrogen (secondary N) is 1. The van der Waals surface area contributed by atoms with E-state index in [1.807, 2.05) is 4.72 Å². The molecule has 1 unspecified atom stereocenters. The number of carbonyl (C=O) groups is 1. The minimum atomic E-state index is -4.81. The van der Waals surface area contributed by atoms with Gasteiger partial charge in [-0.15, -0.1) is 0 Å². The molecule has 0 aromatic rings. The van der Waals surface area contributed by atoms with E-state index in [9.17, 15) is 22.2 Å². The Labute approximate surface area is 112 Å². The second-order valence-corrected chi connectivity index (χ2v) is 6.79. The molecule has 0 spiro atoms. The molecule has 0 saturated heterocycles. The summed E-state index contributed by atoms with van der Waals surface area (Å²) in [6.07, 6.45) is -4.81. The number of halogens is 3. The zero-order chi connectivity index (χ0) is 15.4. The van der Waals surface area contributed by atoms with Crippen molar-refractivity contribution in [1.82, 2.24) is 4.72 Å². The van der Waals surface area contributed by atoms with Crippen molar-refractivity contribution in [2.24, 2.45) is 5.73 Å². The molecule has 114 valence electrons. The molecule has 9 heteroatoms. The second kappa shape index (κ2) is 6.67. The lowest BCUT2D eigenvalue weighted by molar-refractivity contribution is -0.170. The molecule has 0 radical (unpaired) electrons. The lowest BCUT2D eigenvalue weighted by Crippen LogP contribution is -2.59. The van der Waals surface area contributed by atoms with E-state index in [1.54, 1.807) is 0 Å². The van der Waals surface area contributed by atoms with Crippen molar-refractivity contribution in [3.63, 3.8) is 0 Å². The van der Waals surface area contributed by atoms with Crippen LogP contribution in [0.15, 0.2) is 0 Å². The molecular weight excluding hydrogens is 285 g/mol. The highest BCUT2D eigenvalue weighted by Gasteiger charge is 2.48. The summed E-state index contributed by atoms with van der Waals surface area (Å²) in [5.74, 6) is -1.19. The lowest BCUT2D eigenvalue weighted by atomic mass is 10.1. The van der Waals surface area contributed by atoms with Crippen molar-refractivity contribution < 1.29 is 26.9 Å². The van der Waals surface area contributed by atoms with Crippen LogP contribution in [-0.4, -0.2) is 39.8 Å². The van der Waals surface area contributed by atoms with Gasteiger partial charge in [0.2, 0.25) is 0 Å². The maximum Gasteiger partial charge on any atom is 0.406 e. The van der Waals surface area contributed by atoms with Crippen molar-refractivity contribution in [3.8, 4) is 0 Å². The van der Waals surface area contributed by atoms with Gasteiger partial charge in [-0.05, 0) is 27.7 Å². The highest BCUT2D eigenvalue weighted by molar-refractivity contribution is 7.84. The SMILES string of the molecule is CCOC(=O)[C@@H](N)[C@@H](NS(=O)C(C)(C)C)C(F)(F)F. The minimum Gasteiger partial charge on any atom is -0.465 e. The summed E-state index contributed by atoms with van der Waals surface area (Å²) >= 11 is 0. The first-order valence-electron chi connectivity index (χ1n) is 5.58. The largest absolute Gasteiger partial charge is 0.465 e. The van der Waals surface area contributed by atoms with E-state index in [0.717, 1.165) is 0 Å². The fraction of sp³-hybridized carbons (Fsp3) is 0.900. The normalized spacial score (nSPS) is 17.7. The minimum absolute atomic E-state index is 0.0839. The first-order valence-corrected chi connectivity index (χ1v) is 6.73. The van der Waals surface area contributed by atoms with E-state index in [4.69, 9.17) is 5.73 Å². The lowest BCUT2D eigenvalue weighted by Gasteiger charge is -2.28. The number of alkyl halides is 3. The van der Waals surface area contributed by atoms with Crippen LogP contribution in [0.25, 0.3) is 0 Å². The van der Waals surface area contributed by atoms with Crippen molar-refractivity contribution in [2.75, 3.05) is 6.61 Å². The molecule has 0 aromatic heterocycles. The van der Waals surface area contributed by atoms with Crippen LogP contribution in [0, 0.1) is 0 Å². The standard InChI is InChI=1S/C10H19F3N2O3S/c1-5-18-8(16)6(14)7(10(11,12)13)15-19(17)9(2,3)4/h6-7,15H,5,14H2,1-4H3/t6-,7+,19?/m0/s1. The van der Waals surface area contributed by atoms with Crippen molar-refractivity contribution in [1.29, 1.82) is 0 Å². The fourth-order valence-electron chi connectivity index (χ4n) is 1.01.